The van der Waals surface area contributed by atoms with Crippen LogP contribution in [-0.2, 0) is 0 Å². The van der Waals surface area contributed by atoms with E-state index < -0.39 is 0 Å². The average molecular weight is 342 g/mol. The van der Waals surface area contributed by atoms with Gasteiger partial charge < -0.3 is 0 Å². The zero-order chi connectivity index (χ0) is 18.2. The van der Waals surface area contributed by atoms with Crippen LogP contribution in [0.4, 0.5) is 11.4 Å². The van der Waals surface area contributed by atoms with Crippen molar-refractivity contribution >= 4 is 17.2 Å². The first-order chi connectivity index (χ1) is 12.8. The topological polar surface area (TPSA) is 41.8 Å². The molecule has 0 saturated heterocycles. The predicted octanol–water partition coefficient (Wildman–Crippen LogP) is 7.14. The molecule has 0 atom stereocenters. The smallest absolute Gasteiger partial charge is 0.162 e. The van der Waals surface area contributed by atoms with Crippen molar-refractivity contribution in [3.05, 3.63) is 84.4 Å². The van der Waals surface area contributed by atoms with Crippen LogP contribution in [0.3, 0.4) is 0 Å². The second-order valence-electron chi connectivity index (χ2n) is 6.16. The minimum absolute atomic E-state index is 0.204. The van der Waals surface area contributed by atoms with Crippen molar-refractivity contribution in [2.45, 2.75) is 26.2 Å². The standard InChI is InChI=1S/C23H22N2O/c1-2-3-13-23(26)19-16-14-18(15-17-19)21-11-7-8-12-22(21)25-24-20-9-5-4-6-10-20/h4-12,14-17H,2-3,13H2,1H3. The van der Waals surface area contributed by atoms with E-state index in [2.05, 4.69) is 17.2 Å². The molecule has 3 aromatic carbocycles. The highest BCUT2D eigenvalue weighted by Gasteiger charge is 2.08. The van der Waals surface area contributed by atoms with E-state index in [0.29, 0.717) is 6.42 Å². The van der Waals surface area contributed by atoms with Crippen molar-refractivity contribution in [1.29, 1.82) is 0 Å². The molecular formula is C23H22N2O. The number of azo groups is 1. The highest BCUT2D eigenvalue weighted by atomic mass is 16.1. The summed E-state index contributed by atoms with van der Waals surface area (Å²) in [6.45, 7) is 2.09. The van der Waals surface area contributed by atoms with Gasteiger partial charge in [-0.15, -0.1) is 5.11 Å². The molecule has 0 amide bonds. The number of carbonyl (C=O) groups excluding carboxylic acids is 1. The monoisotopic (exact) mass is 342 g/mol. The van der Waals surface area contributed by atoms with Crippen LogP contribution in [0.2, 0.25) is 0 Å². The molecule has 3 heteroatoms. The van der Waals surface area contributed by atoms with E-state index >= 15 is 0 Å². The van der Waals surface area contributed by atoms with E-state index in [-0.39, 0.29) is 5.78 Å². The van der Waals surface area contributed by atoms with E-state index in [1.165, 1.54) is 0 Å². The summed E-state index contributed by atoms with van der Waals surface area (Å²) in [5, 5.41) is 8.72. The first-order valence-electron chi connectivity index (χ1n) is 8.97. The summed E-state index contributed by atoms with van der Waals surface area (Å²) in [6, 6.07) is 25.3. The first-order valence-corrected chi connectivity index (χ1v) is 8.97. The van der Waals surface area contributed by atoms with Gasteiger partial charge in [0.25, 0.3) is 0 Å². The van der Waals surface area contributed by atoms with Crippen LogP contribution in [0.1, 0.15) is 36.5 Å². The summed E-state index contributed by atoms with van der Waals surface area (Å²) in [5.41, 5.74) is 4.42. The lowest BCUT2D eigenvalue weighted by atomic mass is 9.99. The fourth-order valence-corrected chi connectivity index (χ4v) is 2.73. The number of benzene rings is 3. The Labute approximate surface area is 154 Å². The Morgan fingerprint density at radius 2 is 1.50 bits per heavy atom. The Balaban J connectivity index is 1.83. The van der Waals surface area contributed by atoms with Gasteiger partial charge in [-0.3, -0.25) is 4.79 Å². The summed E-state index contributed by atoms with van der Waals surface area (Å²) in [5.74, 6) is 0.204. The van der Waals surface area contributed by atoms with E-state index in [9.17, 15) is 4.79 Å². The van der Waals surface area contributed by atoms with Gasteiger partial charge in [0.05, 0.1) is 11.4 Å². The molecule has 0 N–H and O–H groups in total. The molecule has 0 aliphatic rings. The highest BCUT2D eigenvalue weighted by molar-refractivity contribution is 5.96. The van der Waals surface area contributed by atoms with Gasteiger partial charge in [0.15, 0.2) is 5.78 Å². The largest absolute Gasteiger partial charge is 0.294 e. The van der Waals surface area contributed by atoms with Gasteiger partial charge in [-0.25, -0.2) is 0 Å². The van der Waals surface area contributed by atoms with Crippen molar-refractivity contribution in [2.75, 3.05) is 0 Å². The van der Waals surface area contributed by atoms with E-state index in [1.807, 2.05) is 78.9 Å². The van der Waals surface area contributed by atoms with Crippen LogP contribution in [0.25, 0.3) is 11.1 Å². The molecule has 0 radical (unpaired) electrons. The lowest BCUT2D eigenvalue weighted by molar-refractivity contribution is 0.0980. The molecule has 0 spiro atoms. The summed E-state index contributed by atoms with van der Waals surface area (Å²) < 4.78 is 0. The van der Waals surface area contributed by atoms with Gasteiger partial charge in [0.1, 0.15) is 0 Å². The number of ketones is 1. The normalized spacial score (nSPS) is 11.0. The van der Waals surface area contributed by atoms with Crippen molar-refractivity contribution in [1.82, 2.24) is 0 Å². The number of Topliss-reactive ketones (excluding diaryl/α,β-unsaturated/α-hetero) is 1. The molecule has 0 saturated carbocycles. The number of hydrogen-bond donors (Lipinski definition) is 0. The van der Waals surface area contributed by atoms with Gasteiger partial charge in [0, 0.05) is 17.5 Å². The molecule has 0 aliphatic heterocycles. The minimum Gasteiger partial charge on any atom is -0.294 e. The zero-order valence-electron chi connectivity index (χ0n) is 14.9. The molecule has 3 aromatic rings. The molecule has 3 nitrogen and oxygen atoms in total. The van der Waals surface area contributed by atoms with Crippen LogP contribution in [0.15, 0.2) is 89.1 Å². The predicted molar refractivity (Wildman–Crippen MR) is 106 cm³/mol. The third kappa shape index (κ3) is 4.51. The van der Waals surface area contributed by atoms with E-state index in [4.69, 9.17) is 0 Å². The summed E-state index contributed by atoms with van der Waals surface area (Å²) in [6.07, 6.45) is 2.57. The molecular weight excluding hydrogens is 320 g/mol. The molecule has 0 aromatic heterocycles. The summed E-state index contributed by atoms with van der Waals surface area (Å²) >= 11 is 0. The average Bonchev–Trinajstić information content (AvgIpc) is 2.71. The van der Waals surface area contributed by atoms with Crippen molar-refractivity contribution in [3.8, 4) is 11.1 Å². The molecule has 3 rings (SSSR count). The number of nitrogens with zero attached hydrogens (tertiary/aromatic N) is 2. The third-order valence-corrected chi connectivity index (χ3v) is 4.21. The highest BCUT2D eigenvalue weighted by Crippen LogP contribution is 2.31. The first kappa shape index (κ1) is 17.7. The maximum Gasteiger partial charge on any atom is 0.162 e. The molecule has 26 heavy (non-hydrogen) atoms. The van der Waals surface area contributed by atoms with E-state index in [1.54, 1.807) is 0 Å². The summed E-state index contributed by atoms with van der Waals surface area (Å²) in [7, 11) is 0. The molecule has 0 unspecified atom stereocenters. The van der Waals surface area contributed by atoms with Gasteiger partial charge in [-0.2, -0.15) is 5.11 Å². The third-order valence-electron chi connectivity index (χ3n) is 4.21. The number of carbonyl (C=O) groups is 1. The van der Waals surface area contributed by atoms with Gasteiger partial charge >= 0.3 is 0 Å². The maximum atomic E-state index is 12.1. The second-order valence-corrected chi connectivity index (χ2v) is 6.16. The minimum atomic E-state index is 0.204. The molecule has 0 bridgehead atoms. The van der Waals surface area contributed by atoms with Gasteiger partial charge in [0.2, 0.25) is 0 Å². The fraction of sp³-hybridized carbons (Fsp3) is 0.174. The van der Waals surface area contributed by atoms with Crippen LogP contribution >= 0.6 is 0 Å². The fourth-order valence-electron chi connectivity index (χ4n) is 2.73. The van der Waals surface area contributed by atoms with Crippen molar-refractivity contribution in [2.24, 2.45) is 10.2 Å². The summed E-state index contributed by atoms with van der Waals surface area (Å²) in [4.78, 5) is 12.1. The van der Waals surface area contributed by atoms with Crippen molar-refractivity contribution < 1.29 is 4.79 Å². The lowest BCUT2D eigenvalue weighted by Gasteiger charge is -2.06. The SMILES string of the molecule is CCCCC(=O)c1ccc(-c2ccccc2N=Nc2ccccc2)cc1. The quantitative estimate of drug-likeness (QED) is 0.332. The zero-order valence-corrected chi connectivity index (χ0v) is 14.9. The number of rotatable bonds is 7. The molecule has 0 heterocycles. The van der Waals surface area contributed by atoms with Gasteiger partial charge in [-0.1, -0.05) is 74.0 Å². The van der Waals surface area contributed by atoms with Crippen LogP contribution < -0.4 is 0 Å². The molecule has 0 fully saturated rings. The van der Waals surface area contributed by atoms with Crippen LogP contribution in [-0.4, -0.2) is 5.78 Å². The Bertz CT molecular complexity index is 884. The second kappa shape index (κ2) is 8.86. The maximum absolute atomic E-state index is 12.1. The molecule has 130 valence electrons. The Hall–Kier alpha value is -3.07. The Morgan fingerprint density at radius 1 is 0.808 bits per heavy atom. The van der Waals surface area contributed by atoms with Crippen LogP contribution in [0, 0.1) is 0 Å². The van der Waals surface area contributed by atoms with Crippen molar-refractivity contribution in [3.63, 3.8) is 0 Å². The van der Waals surface area contributed by atoms with E-state index in [0.717, 1.165) is 40.9 Å². The lowest BCUT2D eigenvalue weighted by Crippen LogP contribution is -1.98. The number of hydrogen-bond acceptors (Lipinski definition) is 3. The Morgan fingerprint density at radius 3 is 2.23 bits per heavy atom. The van der Waals surface area contributed by atoms with Gasteiger partial charge in [-0.05, 0) is 30.2 Å². The molecule has 0 aliphatic carbocycles. The van der Waals surface area contributed by atoms with Crippen LogP contribution in [0.5, 0.6) is 0 Å². The number of unbranched alkanes of at least 4 members (excludes halogenated alkanes) is 1. The Kier molecular flexibility index (Phi) is 6.05.